The number of nitro groups is 1. The third-order valence-electron chi connectivity index (χ3n) is 2.69. The zero-order valence-corrected chi connectivity index (χ0v) is 10.2. The van der Waals surface area contributed by atoms with Gasteiger partial charge in [-0.3, -0.25) is 15.2 Å². The molecule has 0 atom stereocenters. The lowest BCUT2D eigenvalue weighted by Crippen LogP contribution is -2.06. The van der Waals surface area contributed by atoms with E-state index in [1.807, 2.05) is 0 Å². The minimum Gasteiger partial charge on any atom is -0.423 e. The summed E-state index contributed by atoms with van der Waals surface area (Å²) in [7, 11) is 0. The molecule has 0 radical (unpaired) electrons. The van der Waals surface area contributed by atoms with Gasteiger partial charge in [0.05, 0.1) is 11.0 Å². The van der Waals surface area contributed by atoms with Crippen molar-refractivity contribution in [1.82, 2.24) is 20.2 Å². The number of rotatable bonds is 5. The molecule has 0 aliphatic carbocycles. The van der Waals surface area contributed by atoms with E-state index in [-0.39, 0.29) is 5.69 Å². The highest BCUT2D eigenvalue weighted by atomic mass is 16.6. The van der Waals surface area contributed by atoms with E-state index in [0.29, 0.717) is 30.1 Å². The van der Waals surface area contributed by atoms with Gasteiger partial charge in [-0.25, -0.2) is 4.98 Å². The Morgan fingerprint density at radius 1 is 1.45 bits per heavy atom. The molecule has 0 amide bonds. The second-order valence-corrected chi connectivity index (χ2v) is 4.04. The average Bonchev–Trinajstić information content (AvgIpc) is 3.06. The van der Waals surface area contributed by atoms with Crippen LogP contribution in [0.4, 0.5) is 11.7 Å². The quantitative estimate of drug-likeness (QED) is 0.533. The molecule has 102 valence electrons. The monoisotopic (exact) mass is 274 g/mol. The maximum atomic E-state index is 10.7. The SMILES string of the molecule is O=[N+]([O-])c1ccc2nc(NCCc3ncn[nH]3)oc2c1. The molecule has 3 rings (SSSR count). The molecule has 0 fully saturated rings. The fourth-order valence-corrected chi connectivity index (χ4v) is 1.74. The van der Waals surface area contributed by atoms with Crippen molar-refractivity contribution in [3.8, 4) is 0 Å². The van der Waals surface area contributed by atoms with Crippen LogP contribution in [0, 0.1) is 10.1 Å². The van der Waals surface area contributed by atoms with Crippen LogP contribution in [0.3, 0.4) is 0 Å². The predicted molar refractivity (Wildman–Crippen MR) is 69.2 cm³/mol. The zero-order chi connectivity index (χ0) is 13.9. The van der Waals surface area contributed by atoms with Crippen molar-refractivity contribution in [3.05, 3.63) is 40.5 Å². The third kappa shape index (κ3) is 2.41. The first-order chi connectivity index (χ1) is 9.72. The minimum atomic E-state index is -0.473. The Balaban J connectivity index is 1.70. The number of aromatic amines is 1. The second kappa shape index (κ2) is 4.96. The van der Waals surface area contributed by atoms with Gasteiger partial charge in [-0.2, -0.15) is 10.1 Å². The van der Waals surface area contributed by atoms with Crippen molar-refractivity contribution in [2.24, 2.45) is 0 Å². The van der Waals surface area contributed by atoms with Gasteiger partial charge in [0.1, 0.15) is 17.7 Å². The molecule has 2 heterocycles. The molecule has 0 saturated carbocycles. The average molecular weight is 274 g/mol. The highest BCUT2D eigenvalue weighted by molar-refractivity contribution is 5.77. The number of nitrogens with zero attached hydrogens (tertiary/aromatic N) is 4. The van der Waals surface area contributed by atoms with Gasteiger partial charge in [0.15, 0.2) is 5.58 Å². The fourth-order valence-electron chi connectivity index (χ4n) is 1.74. The van der Waals surface area contributed by atoms with Gasteiger partial charge < -0.3 is 9.73 Å². The van der Waals surface area contributed by atoms with Crippen molar-refractivity contribution in [3.63, 3.8) is 0 Å². The normalized spacial score (nSPS) is 10.8. The number of nitrogens with one attached hydrogen (secondary N) is 2. The van der Waals surface area contributed by atoms with Gasteiger partial charge >= 0.3 is 0 Å². The van der Waals surface area contributed by atoms with E-state index >= 15 is 0 Å². The molecule has 1 aromatic carbocycles. The number of fused-ring (bicyclic) bond motifs is 1. The van der Waals surface area contributed by atoms with Crippen LogP contribution in [0.2, 0.25) is 0 Å². The van der Waals surface area contributed by atoms with Gasteiger partial charge in [-0.1, -0.05) is 0 Å². The van der Waals surface area contributed by atoms with Crippen molar-refractivity contribution in [2.75, 3.05) is 11.9 Å². The number of non-ortho nitro benzene ring substituents is 1. The predicted octanol–water partition coefficient (Wildman–Crippen LogP) is 1.51. The van der Waals surface area contributed by atoms with Gasteiger partial charge in [-0.05, 0) is 6.07 Å². The summed E-state index contributed by atoms with van der Waals surface area (Å²) in [5, 5.41) is 20.1. The molecular weight excluding hydrogens is 264 g/mol. The van der Waals surface area contributed by atoms with Crippen LogP contribution in [-0.4, -0.2) is 31.6 Å². The number of hydrogen-bond donors (Lipinski definition) is 2. The highest BCUT2D eigenvalue weighted by Crippen LogP contribution is 2.23. The first kappa shape index (κ1) is 12.1. The summed E-state index contributed by atoms with van der Waals surface area (Å²) in [5.74, 6) is 0.754. The van der Waals surface area contributed by atoms with Crippen LogP contribution in [0.25, 0.3) is 11.1 Å². The molecule has 0 aliphatic heterocycles. The van der Waals surface area contributed by atoms with E-state index in [9.17, 15) is 10.1 Å². The maximum Gasteiger partial charge on any atom is 0.295 e. The first-order valence-corrected chi connectivity index (χ1v) is 5.85. The van der Waals surface area contributed by atoms with E-state index in [1.165, 1.54) is 18.5 Å². The lowest BCUT2D eigenvalue weighted by molar-refractivity contribution is -0.384. The molecular formula is C11H10N6O3. The maximum absolute atomic E-state index is 10.7. The molecule has 0 unspecified atom stereocenters. The Bertz CT molecular complexity index is 736. The Labute approximate surface area is 112 Å². The second-order valence-electron chi connectivity index (χ2n) is 4.04. The van der Waals surface area contributed by atoms with Crippen LogP contribution in [0.15, 0.2) is 28.9 Å². The number of hydrogen-bond acceptors (Lipinski definition) is 7. The van der Waals surface area contributed by atoms with Gasteiger partial charge in [0.25, 0.3) is 11.7 Å². The summed E-state index contributed by atoms with van der Waals surface area (Å²) in [6, 6.07) is 4.62. The Hall–Kier alpha value is -2.97. The summed E-state index contributed by atoms with van der Waals surface area (Å²) in [4.78, 5) is 18.4. The summed E-state index contributed by atoms with van der Waals surface area (Å²) in [6.45, 7) is 0.560. The van der Waals surface area contributed by atoms with Crippen molar-refractivity contribution >= 4 is 22.8 Å². The highest BCUT2D eigenvalue weighted by Gasteiger charge is 2.11. The molecule has 9 heteroatoms. The zero-order valence-electron chi connectivity index (χ0n) is 10.2. The molecule has 0 spiro atoms. The number of aromatic nitrogens is 4. The van der Waals surface area contributed by atoms with E-state index < -0.39 is 4.92 Å². The number of benzene rings is 1. The number of anilines is 1. The standard InChI is InChI=1S/C11H10N6O3/c18-17(19)7-1-2-8-9(5-7)20-11(15-8)12-4-3-10-13-6-14-16-10/h1-2,5-6H,3-4H2,(H,12,15)(H,13,14,16). The van der Waals surface area contributed by atoms with Crippen molar-refractivity contribution in [2.45, 2.75) is 6.42 Å². The summed E-state index contributed by atoms with van der Waals surface area (Å²) >= 11 is 0. The van der Waals surface area contributed by atoms with Gasteiger partial charge in [0.2, 0.25) is 0 Å². The lowest BCUT2D eigenvalue weighted by Gasteiger charge is -1.97. The fraction of sp³-hybridized carbons (Fsp3) is 0.182. The van der Waals surface area contributed by atoms with Crippen LogP contribution < -0.4 is 5.32 Å². The van der Waals surface area contributed by atoms with Gasteiger partial charge in [0, 0.05) is 19.0 Å². The van der Waals surface area contributed by atoms with E-state index in [2.05, 4.69) is 25.5 Å². The molecule has 2 aromatic heterocycles. The van der Waals surface area contributed by atoms with E-state index in [0.717, 1.165) is 5.82 Å². The number of nitro benzene ring substituents is 1. The van der Waals surface area contributed by atoms with Crippen molar-refractivity contribution < 1.29 is 9.34 Å². The molecule has 0 saturated heterocycles. The summed E-state index contributed by atoms with van der Waals surface area (Å²) in [6.07, 6.45) is 2.08. The third-order valence-corrected chi connectivity index (χ3v) is 2.69. The van der Waals surface area contributed by atoms with Gasteiger partial charge in [-0.15, -0.1) is 0 Å². The first-order valence-electron chi connectivity index (χ1n) is 5.85. The largest absolute Gasteiger partial charge is 0.423 e. The number of H-pyrrole nitrogens is 1. The summed E-state index contributed by atoms with van der Waals surface area (Å²) in [5.41, 5.74) is 0.918. The lowest BCUT2D eigenvalue weighted by atomic mass is 10.3. The smallest absolute Gasteiger partial charge is 0.295 e. The minimum absolute atomic E-state index is 0.0261. The molecule has 20 heavy (non-hydrogen) atoms. The molecule has 0 aliphatic rings. The van der Waals surface area contributed by atoms with Crippen LogP contribution >= 0.6 is 0 Å². The van der Waals surface area contributed by atoms with Crippen LogP contribution in [0.1, 0.15) is 5.82 Å². The van der Waals surface area contributed by atoms with Crippen molar-refractivity contribution in [1.29, 1.82) is 0 Å². The Kier molecular flexibility index (Phi) is 2.99. The molecule has 2 N–H and O–H groups in total. The topological polar surface area (TPSA) is 123 Å². The van der Waals surface area contributed by atoms with Crippen LogP contribution in [-0.2, 0) is 6.42 Å². The molecule has 9 nitrogen and oxygen atoms in total. The van der Waals surface area contributed by atoms with E-state index in [1.54, 1.807) is 6.07 Å². The Morgan fingerprint density at radius 2 is 2.35 bits per heavy atom. The molecule has 0 bridgehead atoms. The molecule has 3 aromatic rings. The summed E-state index contributed by atoms with van der Waals surface area (Å²) < 4.78 is 5.41. The van der Waals surface area contributed by atoms with E-state index in [4.69, 9.17) is 4.42 Å². The number of oxazole rings is 1. The van der Waals surface area contributed by atoms with Crippen LogP contribution in [0.5, 0.6) is 0 Å². The Morgan fingerprint density at radius 3 is 3.10 bits per heavy atom.